The van der Waals surface area contributed by atoms with Crippen LogP contribution in [0.15, 0.2) is 0 Å². The van der Waals surface area contributed by atoms with Crippen molar-refractivity contribution in [2.24, 2.45) is 17.3 Å². The molecule has 1 aliphatic heterocycles. The van der Waals surface area contributed by atoms with E-state index in [1.54, 1.807) is 0 Å². The third-order valence-corrected chi connectivity index (χ3v) is 4.82. The average Bonchev–Trinajstić information content (AvgIpc) is 2.88. The first-order valence-corrected chi connectivity index (χ1v) is 7.41. The molecule has 116 valence electrons. The van der Waals surface area contributed by atoms with Crippen LogP contribution in [0.25, 0.3) is 0 Å². The van der Waals surface area contributed by atoms with Gasteiger partial charge in [-0.3, -0.25) is 4.79 Å². The van der Waals surface area contributed by atoms with Gasteiger partial charge in [-0.15, -0.1) is 0 Å². The molecule has 0 aromatic rings. The van der Waals surface area contributed by atoms with Crippen molar-refractivity contribution in [2.75, 3.05) is 19.6 Å². The molecule has 1 heterocycles. The number of carbonyl (C=O) groups excluding carboxylic acids is 1. The number of carbonyl (C=O) groups is 1. The number of nitrogens with one attached hydrogen (secondary N) is 2. The lowest BCUT2D eigenvalue weighted by atomic mass is 9.82. The van der Waals surface area contributed by atoms with Crippen molar-refractivity contribution in [2.45, 2.75) is 45.2 Å². The van der Waals surface area contributed by atoms with E-state index in [1.165, 1.54) is 0 Å². The highest BCUT2D eigenvalue weighted by Gasteiger charge is 2.61. The van der Waals surface area contributed by atoms with E-state index < -0.39 is 17.5 Å². The zero-order valence-electron chi connectivity index (χ0n) is 11.9. The first-order chi connectivity index (χ1) is 9.35. The molecule has 1 atom stereocenters. The summed E-state index contributed by atoms with van der Waals surface area (Å²) in [6, 6.07) is 0. The topological polar surface area (TPSA) is 41.1 Å². The van der Waals surface area contributed by atoms with Crippen molar-refractivity contribution in [3.63, 3.8) is 0 Å². The molecule has 0 radical (unpaired) electrons. The molecule has 20 heavy (non-hydrogen) atoms. The van der Waals surface area contributed by atoms with Crippen LogP contribution in [0, 0.1) is 17.3 Å². The molecule has 1 saturated heterocycles. The fraction of sp³-hybridized carbons (Fsp3) is 0.929. The molecule has 2 aliphatic rings. The van der Waals surface area contributed by atoms with Gasteiger partial charge in [0, 0.05) is 13.1 Å². The highest BCUT2D eigenvalue weighted by atomic mass is 19.4. The van der Waals surface area contributed by atoms with Gasteiger partial charge in [0.2, 0.25) is 5.91 Å². The molecule has 1 unspecified atom stereocenters. The van der Waals surface area contributed by atoms with Crippen LogP contribution in [0.1, 0.15) is 39.0 Å². The Hall–Kier alpha value is -0.780. The molecule has 1 aliphatic carbocycles. The zero-order valence-corrected chi connectivity index (χ0v) is 11.9. The molecule has 3 nitrogen and oxygen atoms in total. The minimum absolute atomic E-state index is 0.163. The number of alkyl halides is 3. The lowest BCUT2D eigenvalue weighted by Crippen LogP contribution is -2.53. The summed E-state index contributed by atoms with van der Waals surface area (Å²) in [5.74, 6) is 0.172. The summed E-state index contributed by atoms with van der Waals surface area (Å²) < 4.78 is 39.5. The monoisotopic (exact) mass is 292 g/mol. The Labute approximate surface area is 117 Å². The van der Waals surface area contributed by atoms with Crippen LogP contribution < -0.4 is 10.6 Å². The number of hydrogen-bond donors (Lipinski definition) is 2. The zero-order chi connectivity index (χ0) is 14.8. The van der Waals surface area contributed by atoms with E-state index in [-0.39, 0.29) is 19.5 Å². The number of rotatable bonds is 3. The predicted molar refractivity (Wildman–Crippen MR) is 70.1 cm³/mol. The largest absolute Gasteiger partial charge is 0.404 e. The highest BCUT2D eigenvalue weighted by molar-refractivity contribution is 5.84. The van der Waals surface area contributed by atoms with Crippen molar-refractivity contribution in [3.05, 3.63) is 0 Å². The molecule has 1 saturated carbocycles. The first-order valence-electron chi connectivity index (χ1n) is 7.41. The Kier molecular flexibility index (Phi) is 4.62. The Morgan fingerprint density at radius 3 is 2.45 bits per heavy atom. The Bertz CT molecular complexity index is 343. The molecule has 1 amide bonds. The maximum Gasteiger partial charge on any atom is 0.404 e. The van der Waals surface area contributed by atoms with E-state index in [1.807, 2.05) is 0 Å². The fourth-order valence-corrected chi connectivity index (χ4v) is 3.20. The van der Waals surface area contributed by atoms with E-state index in [2.05, 4.69) is 17.6 Å². The van der Waals surface area contributed by atoms with Gasteiger partial charge >= 0.3 is 6.18 Å². The van der Waals surface area contributed by atoms with Gasteiger partial charge in [-0.25, -0.2) is 0 Å². The Balaban J connectivity index is 1.90. The van der Waals surface area contributed by atoms with Gasteiger partial charge in [-0.1, -0.05) is 19.8 Å². The molecule has 6 heteroatoms. The quantitative estimate of drug-likeness (QED) is 0.839. The van der Waals surface area contributed by atoms with Gasteiger partial charge in [-0.2, -0.15) is 13.2 Å². The number of hydrogen-bond acceptors (Lipinski definition) is 2. The van der Waals surface area contributed by atoms with Gasteiger partial charge in [0.25, 0.3) is 0 Å². The van der Waals surface area contributed by atoms with Gasteiger partial charge < -0.3 is 10.6 Å². The molecule has 2 fully saturated rings. The minimum atomic E-state index is -4.48. The lowest BCUT2D eigenvalue weighted by Gasteiger charge is -2.31. The van der Waals surface area contributed by atoms with E-state index in [9.17, 15) is 18.0 Å². The second-order valence-electron chi connectivity index (χ2n) is 6.34. The van der Waals surface area contributed by atoms with Crippen LogP contribution in [-0.4, -0.2) is 31.7 Å². The Morgan fingerprint density at radius 1 is 1.30 bits per heavy atom. The van der Waals surface area contributed by atoms with Crippen LogP contribution >= 0.6 is 0 Å². The lowest BCUT2D eigenvalue weighted by molar-refractivity contribution is -0.216. The molecule has 0 aromatic heterocycles. The second-order valence-corrected chi connectivity index (χ2v) is 6.34. The summed E-state index contributed by atoms with van der Waals surface area (Å²) >= 11 is 0. The van der Waals surface area contributed by atoms with Crippen molar-refractivity contribution in [3.8, 4) is 0 Å². The minimum Gasteiger partial charge on any atom is -0.355 e. The van der Waals surface area contributed by atoms with Crippen LogP contribution in [0.4, 0.5) is 13.2 Å². The van der Waals surface area contributed by atoms with Crippen LogP contribution in [-0.2, 0) is 4.79 Å². The number of halogens is 3. The molecule has 2 rings (SSSR count). The van der Waals surface area contributed by atoms with Crippen LogP contribution in [0.5, 0.6) is 0 Å². The fourth-order valence-electron chi connectivity index (χ4n) is 3.20. The van der Waals surface area contributed by atoms with Crippen molar-refractivity contribution < 1.29 is 18.0 Å². The third kappa shape index (κ3) is 3.10. The van der Waals surface area contributed by atoms with E-state index in [0.717, 1.165) is 25.7 Å². The van der Waals surface area contributed by atoms with Crippen molar-refractivity contribution in [1.82, 2.24) is 10.6 Å². The summed E-state index contributed by atoms with van der Waals surface area (Å²) in [6.07, 6.45) is -0.442. The van der Waals surface area contributed by atoms with Crippen LogP contribution in [0.2, 0.25) is 0 Å². The molecule has 0 aromatic carbocycles. The van der Waals surface area contributed by atoms with E-state index in [0.29, 0.717) is 18.4 Å². The maximum atomic E-state index is 13.2. The third-order valence-electron chi connectivity index (χ3n) is 4.82. The summed E-state index contributed by atoms with van der Waals surface area (Å²) in [4.78, 5) is 12.0. The summed E-state index contributed by atoms with van der Waals surface area (Å²) in [5.41, 5.74) is -2.23. The maximum absolute atomic E-state index is 13.2. The molecule has 0 bridgehead atoms. The normalized spacial score (nSPS) is 35.0. The molecule has 2 N–H and O–H groups in total. The standard InChI is InChI=1S/C14H23F3N2O/c1-10-2-4-11(5-3-10)8-19-12(20)13(14(15,16)17)6-7-18-9-13/h10-11,18H,2-9H2,1H3,(H,19,20). The van der Waals surface area contributed by atoms with E-state index in [4.69, 9.17) is 0 Å². The van der Waals surface area contributed by atoms with Crippen molar-refractivity contribution >= 4 is 5.91 Å². The average molecular weight is 292 g/mol. The van der Waals surface area contributed by atoms with Gasteiger partial charge in [0.1, 0.15) is 0 Å². The first kappa shape index (κ1) is 15.6. The highest BCUT2D eigenvalue weighted by Crippen LogP contribution is 2.43. The van der Waals surface area contributed by atoms with E-state index >= 15 is 0 Å². The predicted octanol–water partition coefficient (Wildman–Crippen LogP) is 2.47. The molecule has 0 spiro atoms. The van der Waals surface area contributed by atoms with Gasteiger partial charge in [0.15, 0.2) is 5.41 Å². The smallest absolute Gasteiger partial charge is 0.355 e. The van der Waals surface area contributed by atoms with Crippen molar-refractivity contribution in [1.29, 1.82) is 0 Å². The second kappa shape index (κ2) is 5.92. The molecular formula is C14H23F3N2O. The summed E-state index contributed by atoms with van der Waals surface area (Å²) in [6.45, 7) is 2.51. The molecular weight excluding hydrogens is 269 g/mol. The van der Waals surface area contributed by atoms with Crippen LogP contribution in [0.3, 0.4) is 0 Å². The summed E-state index contributed by atoms with van der Waals surface area (Å²) in [5, 5.41) is 5.22. The Morgan fingerprint density at radius 2 is 1.95 bits per heavy atom. The number of amides is 1. The SMILES string of the molecule is CC1CCC(CNC(=O)C2(C(F)(F)F)CCNC2)CC1. The summed E-state index contributed by atoms with van der Waals surface area (Å²) in [7, 11) is 0. The van der Waals surface area contributed by atoms with Gasteiger partial charge in [-0.05, 0) is 37.6 Å². The van der Waals surface area contributed by atoms with Gasteiger partial charge in [0.05, 0.1) is 0 Å².